The van der Waals surface area contributed by atoms with Gasteiger partial charge in [0.15, 0.2) is 0 Å². The van der Waals surface area contributed by atoms with Crippen LogP contribution < -0.4 is 0 Å². The summed E-state index contributed by atoms with van der Waals surface area (Å²) in [7, 11) is 0. The SMILES string of the molecule is C#CC(O)/C=C/C=C/CC. The first-order valence-corrected chi connectivity index (χ1v) is 3.28. The summed E-state index contributed by atoms with van der Waals surface area (Å²) in [5.74, 6) is 2.18. The fourth-order valence-electron chi connectivity index (χ4n) is 0.440. The molecule has 0 amide bonds. The molecule has 0 aromatic rings. The number of aliphatic hydroxyl groups is 1. The molecule has 0 rings (SSSR count). The normalized spacial score (nSPS) is 14.1. The van der Waals surface area contributed by atoms with Gasteiger partial charge in [0.2, 0.25) is 0 Å². The Morgan fingerprint density at radius 1 is 1.60 bits per heavy atom. The third kappa shape index (κ3) is 5.14. The number of hydrogen-bond acceptors (Lipinski definition) is 1. The van der Waals surface area contributed by atoms with Gasteiger partial charge in [-0.1, -0.05) is 31.1 Å². The predicted molar refractivity (Wildman–Crippen MR) is 43.4 cm³/mol. The van der Waals surface area contributed by atoms with Gasteiger partial charge >= 0.3 is 0 Å². The molecule has 0 heterocycles. The van der Waals surface area contributed by atoms with E-state index >= 15 is 0 Å². The maximum atomic E-state index is 8.80. The zero-order valence-electron chi connectivity index (χ0n) is 6.12. The quantitative estimate of drug-likeness (QED) is 0.460. The average Bonchev–Trinajstić information content (AvgIpc) is 1.98. The van der Waals surface area contributed by atoms with E-state index in [1.54, 1.807) is 12.2 Å². The minimum Gasteiger partial charge on any atom is -0.377 e. The van der Waals surface area contributed by atoms with Gasteiger partial charge in [-0.2, -0.15) is 0 Å². The number of terminal acetylenes is 1. The van der Waals surface area contributed by atoms with E-state index in [0.29, 0.717) is 0 Å². The maximum Gasteiger partial charge on any atom is 0.133 e. The van der Waals surface area contributed by atoms with E-state index < -0.39 is 6.10 Å². The van der Waals surface area contributed by atoms with Gasteiger partial charge in [-0.25, -0.2) is 0 Å². The van der Waals surface area contributed by atoms with Crippen molar-refractivity contribution in [1.82, 2.24) is 0 Å². The highest BCUT2D eigenvalue weighted by molar-refractivity contribution is 5.11. The third-order valence-electron chi connectivity index (χ3n) is 0.947. The van der Waals surface area contributed by atoms with Crippen LogP contribution in [0.3, 0.4) is 0 Å². The molecule has 1 N–H and O–H groups in total. The second kappa shape index (κ2) is 6.12. The Labute approximate surface area is 62.1 Å². The second-order valence-corrected chi connectivity index (χ2v) is 1.83. The van der Waals surface area contributed by atoms with Gasteiger partial charge in [-0.15, -0.1) is 6.42 Å². The van der Waals surface area contributed by atoms with Crippen LogP contribution in [-0.4, -0.2) is 11.2 Å². The van der Waals surface area contributed by atoms with Gasteiger partial charge < -0.3 is 5.11 Å². The zero-order valence-corrected chi connectivity index (χ0v) is 6.12. The van der Waals surface area contributed by atoms with E-state index in [4.69, 9.17) is 11.5 Å². The summed E-state index contributed by atoms with van der Waals surface area (Å²) in [6, 6.07) is 0. The molecule has 0 spiro atoms. The van der Waals surface area contributed by atoms with Crippen molar-refractivity contribution in [1.29, 1.82) is 0 Å². The maximum absolute atomic E-state index is 8.80. The Balaban J connectivity index is 3.57. The Morgan fingerprint density at radius 2 is 2.30 bits per heavy atom. The molecule has 0 saturated carbocycles. The molecule has 0 aromatic carbocycles. The van der Waals surface area contributed by atoms with Gasteiger partial charge in [-0.3, -0.25) is 0 Å². The smallest absolute Gasteiger partial charge is 0.133 e. The van der Waals surface area contributed by atoms with Crippen molar-refractivity contribution in [3.05, 3.63) is 24.3 Å². The fraction of sp³-hybridized carbons (Fsp3) is 0.333. The molecular weight excluding hydrogens is 124 g/mol. The molecule has 10 heavy (non-hydrogen) atoms. The lowest BCUT2D eigenvalue weighted by atomic mass is 10.3. The van der Waals surface area contributed by atoms with Crippen LogP contribution in [0, 0.1) is 12.3 Å². The highest BCUT2D eigenvalue weighted by Gasteiger charge is 1.84. The number of rotatable bonds is 3. The lowest BCUT2D eigenvalue weighted by Crippen LogP contribution is -1.94. The van der Waals surface area contributed by atoms with Gasteiger partial charge in [0.1, 0.15) is 6.10 Å². The van der Waals surface area contributed by atoms with Crippen molar-refractivity contribution in [2.45, 2.75) is 19.4 Å². The molecule has 0 fully saturated rings. The Hall–Kier alpha value is -1.00. The third-order valence-corrected chi connectivity index (χ3v) is 0.947. The summed E-state index contributed by atoms with van der Waals surface area (Å²) in [5, 5.41) is 8.80. The average molecular weight is 136 g/mol. The highest BCUT2D eigenvalue weighted by atomic mass is 16.3. The van der Waals surface area contributed by atoms with Gasteiger partial charge in [0.05, 0.1) is 0 Å². The predicted octanol–water partition coefficient (Wildman–Crippen LogP) is 1.50. The van der Waals surface area contributed by atoms with E-state index in [1.807, 2.05) is 19.1 Å². The van der Waals surface area contributed by atoms with E-state index in [0.717, 1.165) is 6.42 Å². The summed E-state index contributed by atoms with van der Waals surface area (Å²) in [4.78, 5) is 0. The summed E-state index contributed by atoms with van der Waals surface area (Å²) in [6.07, 6.45) is 12.3. The first-order chi connectivity index (χ1) is 4.81. The molecule has 1 nitrogen and oxygen atoms in total. The molecular formula is C9H12O. The topological polar surface area (TPSA) is 20.2 Å². The van der Waals surface area contributed by atoms with E-state index in [9.17, 15) is 0 Å². The van der Waals surface area contributed by atoms with Crippen molar-refractivity contribution in [3.8, 4) is 12.3 Å². The highest BCUT2D eigenvalue weighted by Crippen LogP contribution is 1.85. The lowest BCUT2D eigenvalue weighted by molar-refractivity contribution is 0.281. The van der Waals surface area contributed by atoms with E-state index in [1.165, 1.54) is 0 Å². The minimum atomic E-state index is -0.749. The van der Waals surface area contributed by atoms with Crippen molar-refractivity contribution in [3.63, 3.8) is 0 Å². The van der Waals surface area contributed by atoms with Crippen LogP contribution in [0.1, 0.15) is 13.3 Å². The van der Waals surface area contributed by atoms with Crippen LogP contribution in [0.4, 0.5) is 0 Å². The Morgan fingerprint density at radius 3 is 2.80 bits per heavy atom. The molecule has 0 aliphatic carbocycles. The number of hydrogen-bond donors (Lipinski definition) is 1. The van der Waals surface area contributed by atoms with Crippen LogP contribution in [-0.2, 0) is 0 Å². The summed E-state index contributed by atoms with van der Waals surface area (Å²) >= 11 is 0. The van der Waals surface area contributed by atoms with E-state index in [2.05, 4.69) is 5.92 Å². The first kappa shape index (κ1) is 9.00. The summed E-state index contributed by atoms with van der Waals surface area (Å²) < 4.78 is 0. The monoisotopic (exact) mass is 136 g/mol. The van der Waals surface area contributed by atoms with Crippen LogP contribution in [0.2, 0.25) is 0 Å². The Kier molecular flexibility index (Phi) is 5.51. The number of aliphatic hydroxyl groups excluding tert-OH is 1. The van der Waals surface area contributed by atoms with Crippen molar-refractivity contribution in [2.24, 2.45) is 0 Å². The van der Waals surface area contributed by atoms with Gasteiger partial charge in [-0.05, 0) is 12.5 Å². The van der Waals surface area contributed by atoms with Crippen LogP contribution in [0.25, 0.3) is 0 Å². The lowest BCUT2D eigenvalue weighted by Gasteiger charge is -1.88. The van der Waals surface area contributed by atoms with Crippen molar-refractivity contribution in [2.75, 3.05) is 0 Å². The first-order valence-electron chi connectivity index (χ1n) is 3.28. The van der Waals surface area contributed by atoms with Crippen LogP contribution >= 0.6 is 0 Å². The standard InChI is InChI=1S/C9H12O/c1-3-5-6-7-8-9(10)4-2/h2,5-10H,3H2,1H3/b6-5+,8-7+. The van der Waals surface area contributed by atoms with Crippen LogP contribution in [0.15, 0.2) is 24.3 Å². The van der Waals surface area contributed by atoms with Crippen molar-refractivity contribution < 1.29 is 5.11 Å². The number of allylic oxidation sites excluding steroid dienone is 3. The van der Waals surface area contributed by atoms with Crippen molar-refractivity contribution >= 4 is 0 Å². The molecule has 0 aliphatic rings. The second-order valence-electron chi connectivity index (χ2n) is 1.83. The van der Waals surface area contributed by atoms with Crippen LogP contribution in [0.5, 0.6) is 0 Å². The zero-order chi connectivity index (χ0) is 7.82. The Bertz CT molecular complexity index is 160. The molecule has 0 aromatic heterocycles. The molecule has 1 heteroatoms. The van der Waals surface area contributed by atoms with Gasteiger partial charge in [0.25, 0.3) is 0 Å². The molecule has 0 radical (unpaired) electrons. The molecule has 0 bridgehead atoms. The molecule has 1 unspecified atom stereocenters. The molecule has 1 atom stereocenters. The summed E-state index contributed by atoms with van der Waals surface area (Å²) in [5.41, 5.74) is 0. The largest absolute Gasteiger partial charge is 0.377 e. The molecule has 0 saturated heterocycles. The molecule has 0 aliphatic heterocycles. The summed E-state index contributed by atoms with van der Waals surface area (Å²) in [6.45, 7) is 2.04. The van der Waals surface area contributed by atoms with Gasteiger partial charge in [0, 0.05) is 0 Å². The molecule has 54 valence electrons. The minimum absolute atomic E-state index is 0.749. The van der Waals surface area contributed by atoms with E-state index in [-0.39, 0.29) is 0 Å². The fourth-order valence-corrected chi connectivity index (χ4v) is 0.440.